The van der Waals surface area contributed by atoms with Gasteiger partial charge in [0.2, 0.25) is 5.78 Å². The van der Waals surface area contributed by atoms with Gasteiger partial charge in [-0.2, -0.15) is 8.78 Å². The van der Waals surface area contributed by atoms with Gasteiger partial charge in [-0.3, -0.25) is 4.79 Å². The summed E-state index contributed by atoms with van der Waals surface area (Å²) in [5.74, 6) is -5.42. The van der Waals surface area contributed by atoms with E-state index in [-0.39, 0.29) is 5.56 Å². The monoisotopic (exact) mass is 373 g/mol. The maximum atomic E-state index is 14.6. The number of methoxy groups -OCH3 is 1. The number of ether oxygens (including phenoxy) is 2. The van der Waals surface area contributed by atoms with Crippen molar-refractivity contribution in [1.82, 2.24) is 4.90 Å². The van der Waals surface area contributed by atoms with Crippen molar-refractivity contribution in [1.29, 1.82) is 0 Å². The molecule has 0 aliphatic carbocycles. The highest BCUT2D eigenvalue weighted by Gasteiger charge is 2.54. The summed E-state index contributed by atoms with van der Waals surface area (Å²) in [6.45, 7) is 6.16. The minimum atomic E-state index is -4.15. The molecule has 0 radical (unpaired) electrons. The number of aliphatic hydroxyl groups excluding tert-OH is 1. The van der Waals surface area contributed by atoms with Crippen LogP contribution in [0.15, 0.2) is 24.3 Å². The van der Waals surface area contributed by atoms with E-state index in [2.05, 4.69) is 0 Å². The molecule has 1 unspecified atom stereocenters. The molecular formula is C18H25F2NO5. The van der Waals surface area contributed by atoms with Crippen LogP contribution >= 0.6 is 0 Å². The quantitative estimate of drug-likeness (QED) is 0.757. The van der Waals surface area contributed by atoms with E-state index in [1.54, 1.807) is 13.8 Å². The molecule has 1 N–H and O–H groups in total. The van der Waals surface area contributed by atoms with Gasteiger partial charge in [-0.15, -0.1) is 0 Å². The third-order valence-electron chi connectivity index (χ3n) is 3.99. The Kier molecular flexibility index (Phi) is 7.08. The van der Waals surface area contributed by atoms with Crippen LogP contribution in [0.3, 0.4) is 0 Å². The Morgan fingerprint density at radius 1 is 1.15 bits per heavy atom. The van der Waals surface area contributed by atoms with Gasteiger partial charge >= 0.3 is 12.0 Å². The van der Waals surface area contributed by atoms with Gasteiger partial charge in [0, 0.05) is 13.1 Å². The highest BCUT2D eigenvalue weighted by molar-refractivity contribution is 5.95. The summed E-state index contributed by atoms with van der Waals surface area (Å²) in [7, 11) is 1.41. The molecule has 0 aliphatic heterocycles. The predicted molar refractivity (Wildman–Crippen MR) is 91.4 cm³/mol. The summed E-state index contributed by atoms with van der Waals surface area (Å²) in [6, 6.07) is 5.26. The Balaban J connectivity index is 3.00. The molecular weight excluding hydrogens is 348 g/mol. The first-order valence-electron chi connectivity index (χ1n) is 8.23. The van der Waals surface area contributed by atoms with Crippen molar-refractivity contribution in [3.63, 3.8) is 0 Å². The average molecular weight is 373 g/mol. The number of halogens is 2. The number of carbonyl (C=O) groups is 2. The lowest BCUT2D eigenvalue weighted by molar-refractivity contribution is -0.178. The van der Waals surface area contributed by atoms with E-state index in [1.807, 2.05) is 0 Å². The van der Waals surface area contributed by atoms with Crippen LogP contribution < -0.4 is 4.74 Å². The molecule has 0 bridgehead atoms. The van der Waals surface area contributed by atoms with Crippen LogP contribution in [-0.4, -0.2) is 53.6 Å². The minimum Gasteiger partial charge on any atom is -0.497 e. The lowest BCUT2D eigenvalue weighted by Gasteiger charge is -2.32. The Labute approximate surface area is 151 Å². The highest BCUT2D eigenvalue weighted by Crippen LogP contribution is 2.37. The second-order valence-electron chi connectivity index (χ2n) is 6.18. The zero-order valence-electron chi connectivity index (χ0n) is 15.6. The number of hydrogen-bond donors (Lipinski definition) is 1. The largest absolute Gasteiger partial charge is 0.497 e. The lowest BCUT2D eigenvalue weighted by Crippen LogP contribution is -2.51. The van der Waals surface area contributed by atoms with Crippen molar-refractivity contribution < 1.29 is 33.0 Å². The third kappa shape index (κ3) is 4.69. The number of aliphatic hydroxyl groups is 1. The van der Waals surface area contributed by atoms with E-state index >= 15 is 0 Å². The molecule has 0 saturated heterocycles. The van der Waals surface area contributed by atoms with Crippen LogP contribution in [0.1, 0.15) is 39.4 Å². The second kappa shape index (κ2) is 8.44. The molecule has 146 valence electrons. The van der Waals surface area contributed by atoms with E-state index in [1.165, 1.54) is 36.3 Å². The van der Waals surface area contributed by atoms with Crippen molar-refractivity contribution in [2.24, 2.45) is 0 Å². The van der Waals surface area contributed by atoms with Crippen LogP contribution in [0.4, 0.5) is 13.6 Å². The molecule has 0 heterocycles. The van der Waals surface area contributed by atoms with Gasteiger partial charge in [0.1, 0.15) is 5.75 Å². The molecule has 1 atom stereocenters. The fourth-order valence-corrected chi connectivity index (χ4v) is 2.33. The van der Waals surface area contributed by atoms with Crippen LogP contribution in [0, 0.1) is 0 Å². The van der Waals surface area contributed by atoms with Gasteiger partial charge in [0.05, 0.1) is 7.11 Å². The average Bonchev–Trinajstić information content (AvgIpc) is 2.61. The summed E-state index contributed by atoms with van der Waals surface area (Å²) in [5, 5.41) is 10.0. The van der Waals surface area contributed by atoms with Crippen molar-refractivity contribution in [3.05, 3.63) is 29.8 Å². The normalized spacial score (nSPS) is 13.1. The van der Waals surface area contributed by atoms with Crippen molar-refractivity contribution in [2.45, 2.75) is 45.3 Å². The number of amides is 1. The summed E-state index contributed by atoms with van der Waals surface area (Å²) in [5.41, 5.74) is -2.27. The van der Waals surface area contributed by atoms with Gasteiger partial charge in [-0.1, -0.05) is 12.1 Å². The summed E-state index contributed by atoms with van der Waals surface area (Å²) < 4.78 is 39.0. The van der Waals surface area contributed by atoms with E-state index < -0.39 is 29.5 Å². The second-order valence-corrected chi connectivity index (χ2v) is 6.18. The summed E-state index contributed by atoms with van der Waals surface area (Å²) in [4.78, 5) is 25.6. The van der Waals surface area contributed by atoms with Gasteiger partial charge in [0.25, 0.3) is 0 Å². The number of benzene rings is 1. The Bertz CT molecular complexity index is 627. The standard InChI is InChI=1S/C18H25F2NO5/c1-6-21(7-2)16(24)26-17(3,4)15(23)18(19,20)14(22)12-8-10-13(25-5)11-9-12/h8-11,14,22H,6-7H2,1-5H3. The number of rotatable bonds is 8. The molecule has 6 nitrogen and oxygen atoms in total. The molecule has 26 heavy (non-hydrogen) atoms. The van der Waals surface area contributed by atoms with Crippen molar-refractivity contribution >= 4 is 11.9 Å². The van der Waals surface area contributed by atoms with E-state index in [0.29, 0.717) is 18.8 Å². The molecule has 0 saturated carbocycles. The summed E-state index contributed by atoms with van der Waals surface area (Å²) in [6.07, 6.45) is -3.25. The highest BCUT2D eigenvalue weighted by atomic mass is 19.3. The molecule has 0 aliphatic rings. The van der Waals surface area contributed by atoms with Gasteiger partial charge in [-0.25, -0.2) is 4.79 Å². The first kappa shape index (κ1) is 21.8. The summed E-state index contributed by atoms with van der Waals surface area (Å²) >= 11 is 0. The lowest BCUT2D eigenvalue weighted by atomic mass is 9.91. The molecule has 1 aromatic rings. The molecule has 1 rings (SSSR count). The van der Waals surface area contributed by atoms with Gasteiger partial charge < -0.3 is 19.5 Å². The first-order chi connectivity index (χ1) is 12.0. The first-order valence-corrected chi connectivity index (χ1v) is 8.23. The molecule has 0 spiro atoms. The fourth-order valence-electron chi connectivity index (χ4n) is 2.33. The van der Waals surface area contributed by atoms with Gasteiger partial charge in [-0.05, 0) is 45.4 Å². The maximum Gasteiger partial charge on any atom is 0.410 e. The molecule has 0 aromatic heterocycles. The van der Waals surface area contributed by atoms with Crippen LogP contribution in [0.25, 0.3) is 0 Å². The van der Waals surface area contributed by atoms with Crippen LogP contribution in [0.2, 0.25) is 0 Å². The maximum absolute atomic E-state index is 14.6. The minimum absolute atomic E-state index is 0.157. The topological polar surface area (TPSA) is 76.1 Å². The number of nitrogens with zero attached hydrogens (tertiary/aromatic N) is 1. The number of Topliss-reactive ketones (excluding diaryl/α,β-unsaturated/α-hetero) is 1. The fraction of sp³-hybridized carbons (Fsp3) is 0.556. The smallest absolute Gasteiger partial charge is 0.410 e. The molecule has 8 heteroatoms. The van der Waals surface area contributed by atoms with E-state index in [9.17, 15) is 23.5 Å². The molecule has 1 aromatic carbocycles. The molecule has 0 fully saturated rings. The van der Waals surface area contributed by atoms with Gasteiger partial charge in [0.15, 0.2) is 11.7 Å². The number of alkyl halides is 2. The van der Waals surface area contributed by atoms with E-state index in [4.69, 9.17) is 9.47 Å². The zero-order chi connectivity index (χ0) is 20.1. The third-order valence-corrected chi connectivity index (χ3v) is 3.99. The predicted octanol–water partition coefficient (Wildman–Crippen LogP) is 3.19. The Morgan fingerprint density at radius 2 is 1.65 bits per heavy atom. The van der Waals surface area contributed by atoms with Crippen molar-refractivity contribution in [3.8, 4) is 5.75 Å². The Morgan fingerprint density at radius 3 is 2.08 bits per heavy atom. The SMILES string of the molecule is CCN(CC)C(=O)OC(C)(C)C(=O)C(F)(F)C(O)c1ccc(OC)cc1. The van der Waals surface area contributed by atoms with E-state index in [0.717, 1.165) is 13.8 Å². The van der Waals surface area contributed by atoms with Crippen molar-refractivity contribution in [2.75, 3.05) is 20.2 Å². The zero-order valence-corrected chi connectivity index (χ0v) is 15.6. The molecule has 1 amide bonds. The number of carbonyl (C=O) groups excluding carboxylic acids is 2. The van der Waals surface area contributed by atoms with Crippen LogP contribution in [0.5, 0.6) is 5.75 Å². The Hall–Kier alpha value is -2.22. The number of ketones is 1. The van der Waals surface area contributed by atoms with Crippen LogP contribution in [-0.2, 0) is 9.53 Å². The number of hydrogen-bond acceptors (Lipinski definition) is 5.